The molecule has 1 aromatic heterocycles. The van der Waals surface area contributed by atoms with Crippen molar-refractivity contribution in [3.05, 3.63) is 41.2 Å². The molecule has 146 valence electrons. The van der Waals surface area contributed by atoms with Crippen molar-refractivity contribution in [3.63, 3.8) is 0 Å². The zero-order valence-electron chi connectivity index (χ0n) is 16.8. The van der Waals surface area contributed by atoms with Crippen LogP contribution in [0, 0.1) is 13.8 Å². The van der Waals surface area contributed by atoms with E-state index in [2.05, 4.69) is 22.7 Å². The lowest BCUT2D eigenvalue weighted by Crippen LogP contribution is -2.18. The molecule has 0 aliphatic rings. The van der Waals surface area contributed by atoms with Gasteiger partial charge in [-0.05, 0) is 38.8 Å². The van der Waals surface area contributed by atoms with Crippen molar-refractivity contribution >= 4 is 23.2 Å². The first-order valence-electron chi connectivity index (χ1n) is 9.72. The summed E-state index contributed by atoms with van der Waals surface area (Å²) in [6, 6.07) is 7.08. The zero-order valence-corrected chi connectivity index (χ0v) is 16.8. The van der Waals surface area contributed by atoms with Crippen molar-refractivity contribution in [2.75, 3.05) is 10.6 Å². The van der Waals surface area contributed by atoms with Crippen LogP contribution in [0.2, 0.25) is 0 Å². The van der Waals surface area contributed by atoms with Gasteiger partial charge in [0.15, 0.2) is 0 Å². The number of nitrogens with zero attached hydrogens (tertiary/aromatic N) is 2. The predicted molar refractivity (Wildman–Crippen MR) is 109 cm³/mol. The molecule has 0 atom stereocenters. The lowest BCUT2D eigenvalue weighted by Gasteiger charge is -2.12. The number of carbonyl (C=O) groups is 2. The third-order valence-corrected chi connectivity index (χ3v) is 4.55. The molecule has 0 radical (unpaired) electrons. The van der Waals surface area contributed by atoms with E-state index in [1.807, 2.05) is 31.5 Å². The number of carbonyl (C=O) groups excluding carboxylic acids is 2. The molecule has 0 saturated carbocycles. The van der Waals surface area contributed by atoms with Gasteiger partial charge >= 0.3 is 0 Å². The highest BCUT2D eigenvalue weighted by atomic mass is 16.2. The Balaban J connectivity index is 2.17. The first kappa shape index (κ1) is 20.7. The summed E-state index contributed by atoms with van der Waals surface area (Å²) in [5, 5.41) is 10.4. The molecular weight excluding hydrogens is 340 g/mol. The van der Waals surface area contributed by atoms with E-state index >= 15 is 0 Å². The fourth-order valence-electron chi connectivity index (χ4n) is 2.92. The van der Waals surface area contributed by atoms with Gasteiger partial charge in [0.05, 0.1) is 28.3 Å². The Bertz CT molecular complexity index is 795. The summed E-state index contributed by atoms with van der Waals surface area (Å²) >= 11 is 0. The lowest BCUT2D eigenvalue weighted by atomic mass is 10.1. The Morgan fingerprint density at radius 3 is 2.44 bits per heavy atom. The lowest BCUT2D eigenvalue weighted by molar-refractivity contribution is -0.116. The number of anilines is 2. The van der Waals surface area contributed by atoms with Gasteiger partial charge in [-0.3, -0.25) is 14.3 Å². The van der Waals surface area contributed by atoms with Gasteiger partial charge in [-0.1, -0.05) is 38.8 Å². The van der Waals surface area contributed by atoms with E-state index in [9.17, 15) is 9.59 Å². The quantitative estimate of drug-likeness (QED) is 0.673. The molecular formula is C21H30N4O2. The SMILES string of the molecule is CCCCC(=O)Nc1ccccc1C(=O)Nc1c(C)nn(CCCC)c1C. The number of hydrogen-bond donors (Lipinski definition) is 2. The summed E-state index contributed by atoms with van der Waals surface area (Å²) in [4.78, 5) is 24.9. The largest absolute Gasteiger partial charge is 0.325 e. The predicted octanol–water partition coefficient (Wildman–Crippen LogP) is 4.68. The third kappa shape index (κ3) is 5.42. The smallest absolute Gasteiger partial charge is 0.257 e. The maximum absolute atomic E-state index is 12.9. The summed E-state index contributed by atoms with van der Waals surface area (Å²) < 4.78 is 1.94. The fraction of sp³-hybridized carbons (Fsp3) is 0.476. The number of hydrogen-bond acceptors (Lipinski definition) is 3. The molecule has 0 aliphatic carbocycles. The van der Waals surface area contributed by atoms with Gasteiger partial charge in [0.1, 0.15) is 0 Å². The van der Waals surface area contributed by atoms with Crippen LogP contribution in [0.3, 0.4) is 0 Å². The number of aryl methyl sites for hydroxylation is 2. The second-order valence-corrected chi connectivity index (χ2v) is 6.77. The number of aromatic nitrogens is 2. The highest BCUT2D eigenvalue weighted by Gasteiger charge is 2.18. The Morgan fingerprint density at radius 1 is 1.04 bits per heavy atom. The molecule has 6 nitrogen and oxygen atoms in total. The number of amides is 2. The topological polar surface area (TPSA) is 76.0 Å². The van der Waals surface area contributed by atoms with E-state index < -0.39 is 0 Å². The van der Waals surface area contributed by atoms with E-state index in [0.29, 0.717) is 17.7 Å². The van der Waals surface area contributed by atoms with Crippen LogP contribution in [0.25, 0.3) is 0 Å². The van der Waals surface area contributed by atoms with Gasteiger partial charge in [-0.2, -0.15) is 5.10 Å². The molecule has 0 aliphatic heterocycles. The fourth-order valence-corrected chi connectivity index (χ4v) is 2.92. The average molecular weight is 370 g/mol. The van der Waals surface area contributed by atoms with Gasteiger partial charge in [0, 0.05) is 13.0 Å². The number of para-hydroxylation sites is 1. The Morgan fingerprint density at radius 2 is 1.74 bits per heavy atom. The number of nitrogens with one attached hydrogen (secondary N) is 2. The van der Waals surface area contributed by atoms with E-state index in [1.54, 1.807) is 18.2 Å². The van der Waals surface area contributed by atoms with Crippen LogP contribution >= 0.6 is 0 Å². The van der Waals surface area contributed by atoms with E-state index in [1.165, 1.54) is 0 Å². The molecule has 27 heavy (non-hydrogen) atoms. The standard InChI is InChI=1S/C21H30N4O2/c1-5-7-13-19(26)22-18-12-10-9-11-17(18)21(27)23-20-15(3)24-25(16(20)4)14-8-6-2/h9-12H,5-8,13-14H2,1-4H3,(H,22,26)(H,23,27). The summed E-state index contributed by atoms with van der Waals surface area (Å²) in [6.07, 6.45) is 4.37. The van der Waals surface area contributed by atoms with E-state index in [0.717, 1.165) is 49.3 Å². The van der Waals surface area contributed by atoms with Crippen molar-refractivity contribution < 1.29 is 9.59 Å². The van der Waals surface area contributed by atoms with Gasteiger partial charge in [-0.25, -0.2) is 0 Å². The summed E-state index contributed by atoms with van der Waals surface area (Å²) in [5.41, 5.74) is 3.45. The maximum Gasteiger partial charge on any atom is 0.257 e. The van der Waals surface area contributed by atoms with E-state index in [4.69, 9.17) is 0 Å². The first-order valence-corrected chi connectivity index (χ1v) is 9.72. The minimum Gasteiger partial charge on any atom is -0.325 e. The van der Waals surface area contributed by atoms with Crippen LogP contribution in [0.15, 0.2) is 24.3 Å². The van der Waals surface area contributed by atoms with Crippen molar-refractivity contribution in [2.24, 2.45) is 0 Å². The molecule has 0 fully saturated rings. The highest BCUT2D eigenvalue weighted by Crippen LogP contribution is 2.23. The average Bonchev–Trinajstić information content (AvgIpc) is 2.92. The van der Waals surface area contributed by atoms with Gasteiger partial charge in [-0.15, -0.1) is 0 Å². The summed E-state index contributed by atoms with van der Waals surface area (Å²) in [5.74, 6) is -0.320. The van der Waals surface area contributed by atoms with Crippen molar-refractivity contribution in [1.82, 2.24) is 9.78 Å². The second-order valence-electron chi connectivity index (χ2n) is 6.77. The normalized spacial score (nSPS) is 10.7. The Labute approximate surface area is 161 Å². The molecule has 0 bridgehead atoms. The molecule has 0 unspecified atom stereocenters. The van der Waals surface area contributed by atoms with Crippen LogP contribution in [-0.4, -0.2) is 21.6 Å². The maximum atomic E-state index is 12.9. The monoisotopic (exact) mass is 370 g/mol. The molecule has 1 heterocycles. The summed E-state index contributed by atoms with van der Waals surface area (Å²) in [6.45, 7) is 8.87. The van der Waals surface area contributed by atoms with Crippen LogP contribution in [0.5, 0.6) is 0 Å². The number of unbranched alkanes of at least 4 members (excludes halogenated alkanes) is 2. The first-order chi connectivity index (χ1) is 13.0. The number of benzene rings is 1. The van der Waals surface area contributed by atoms with Gasteiger partial charge < -0.3 is 10.6 Å². The Hall–Kier alpha value is -2.63. The zero-order chi connectivity index (χ0) is 19.8. The minimum absolute atomic E-state index is 0.0724. The Kier molecular flexibility index (Phi) is 7.58. The molecule has 2 N–H and O–H groups in total. The minimum atomic E-state index is -0.248. The van der Waals surface area contributed by atoms with Crippen molar-refractivity contribution in [1.29, 1.82) is 0 Å². The summed E-state index contributed by atoms with van der Waals surface area (Å²) in [7, 11) is 0. The third-order valence-electron chi connectivity index (χ3n) is 4.55. The van der Waals surface area contributed by atoms with Crippen LogP contribution < -0.4 is 10.6 Å². The van der Waals surface area contributed by atoms with Gasteiger partial charge in [0.25, 0.3) is 5.91 Å². The van der Waals surface area contributed by atoms with E-state index in [-0.39, 0.29) is 11.8 Å². The van der Waals surface area contributed by atoms with Crippen molar-refractivity contribution in [3.8, 4) is 0 Å². The molecule has 0 saturated heterocycles. The highest BCUT2D eigenvalue weighted by molar-refractivity contribution is 6.10. The number of rotatable bonds is 9. The second kappa shape index (κ2) is 9.90. The van der Waals surface area contributed by atoms with Crippen LogP contribution in [-0.2, 0) is 11.3 Å². The molecule has 2 rings (SSSR count). The molecule has 0 spiro atoms. The molecule has 2 amide bonds. The van der Waals surface area contributed by atoms with Crippen molar-refractivity contribution in [2.45, 2.75) is 66.3 Å². The molecule has 6 heteroatoms. The van der Waals surface area contributed by atoms with Crippen LogP contribution in [0.1, 0.15) is 67.7 Å². The van der Waals surface area contributed by atoms with Crippen LogP contribution in [0.4, 0.5) is 11.4 Å². The molecule has 1 aromatic carbocycles. The molecule has 2 aromatic rings. The van der Waals surface area contributed by atoms with Gasteiger partial charge in [0.2, 0.25) is 5.91 Å².